The number of carbonyl (C=O) groups is 1. The summed E-state index contributed by atoms with van der Waals surface area (Å²) in [5, 5.41) is 9.28. The van der Waals surface area contributed by atoms with Crippen molar-refractivity contribution in [1.82, 2.24) is 4.90 Å². The molecule has 5 heteroatoms. The number of nitrogens with two attached hydrogens (primary N) is 1. The monoisotopic (exact) mass is 264 g/mol. The zero-order chi connectivity index (χ0) is 14.4. The highest BCUT2D eigenvalue weighted by Gasteiger charge is 2.16. The lowest BCUT2D eigenvalue weighted by Gasteiger charge is -2.19. The third-order valence-electron chi connectivity index (χ3n) is 2.42. The van der Waals surface area contributed by atoms with Crippen molar-refractivity contribution in [2.75, 3.05) is 20.1 Å². The average Bonchev–Trinajstić information content (AvgIpc) is 2.34. The molecule has 1 amide bonds. The number of benzene rings is 1. The van der Waals surface area contributed by atoms with Crippen molar-refractivity contribution in [2.45, 2.75) is 13.0 Å². The van der Waals surface area contributed by atoms with Crippen molar-refractivity contribution in [2.24, 2.45) is 5.73 Å². The third-order valence-corrected chi connectivity index (χ3v) is 2.42. The first-order chi connectivity index (χ1) is 8.95. The van der Waals surface area contributed by atoms with Gasteiger partial charge >= 0.3 is 0 Å². The van der Waals surface area contributed by atoms with Crippen molar-refractivity contribution in [3.63, 3.8) is 0 Å². The van der Waals surface area contributed by atoms with Gasteiger partial charge in [0.1, 0.15) is 5.82 Å². The summed E-state index contributed by atoms with van der Waals surface area (Å²) in [5.74, 6) is 4.50. The number of hydrogen-bond acceptors (Lipinski definition) is 3. The van der Waals surface area contributed by atoms with Gasteiger partial charge in [-0.05, 0) is 25.1 Å². The molecule has 0 saturated heterocycles. The van der Waals surface area contributed by atoms with Crippen LogP contribution in [0, 0.1) is 17.7 Å². The second-order valence-electron chi connectivity index (χ2n) is 4.23. The first-order valence-corrected chi connectivity index (χ1v) is 5.87. The lowest BCUT2D eigenvalue weighted by atomic mass is 10.1. The molecule has 1 atom stereocenters. The lowest BCUT2D eigenvalue weighted by Crippen LogP contribution is -2.33. The van der Waals surface area contributed by atoms with Crippen LogP contribution in [0.4, 0.5) is 4.39 Å². The van der Waals surface area contributed by atoms with Gasteiger partial charge < -0.3 is 15.7 Å². The lowest BCUT2D eigenvalue weighted by molar-refractivity contribution is 0.0703. The minimum absolute atomic E-state index is 0.133. The summed E-state index contributed by atoms with van der Waals surface area (Å²) in [6.07, 6.45) is -0.632. The molecule has 0 aliphatic carbocycles. The number of rotatable bonds is 3. The van der Waals surface area contributed by atoms with Gasteiger partial charge in [0.25, 0.3) is 5.91 Å². The van der Waals surface area contributed by atoms with Crippen molar-refractivity contribution in [3.05, 3.63) is 35.1 Å². The van der Waals surface area contributed by atoms with Crippen LogP contribution in [-0.2, 0) is 0 Å². The molecule has 0 spiro atoms. The molecule has 0 fully saturated rings. The minimum atomic E-state index is -0.632. The van der Waals surface area contributed by atoms with Crippen LogP contribution in [0.3, 0.4) is 0 Å². The molecule has 0 aliphatic heterocycles. The van der Waals surface area contributed by atoms with E-state index in [2.05, 4.69) is 11.8 Å². The van der Waals surface area contributed by atoms with Crippen molar-refractivity contribution in [1.29, 1.82) is 0 Å². The SMILES string of the molecule is CC(O)CN(C)C(=O)c1ccc(F)cc1C#CCN. The van der Waals surface area contributed by atoms with E-state index in [9.17, 15) is 14.3 Å². The second-order valence-corrected chi connectivity index (χ2v) is 4.23. The average molecular weight is 264 g/mol. The summed E-state index contributed by atoms with van der Waals surface area (Å²) in [6.45, 7) is 1.91. The van der Waals surface area contributed by atoms with Crippen LogP contribution in [0.1, 0.15) is 22.8 Å². The number of amides is 1. The van der Waals surface area contributed by atoms with Gasteiger partial charge in [-0.2, -0.15) is 0 Å². The summed E-state index contributed by atoms with van der Waals surface area (Å²) in [7, 11) is 1.57. The number of nitrogens with zero attached hydrogens (tertiary/aromatic N) is 1. The molecule has 4 nitrogen and oxygen atoms in total. The standard InChI is InChI=1S/C14H17FN2O2/c1-10(18)9-17(2)14(19)13-6-5-12(15)8-11(13)4-3-7-16/h5-6,8,10,18H,7,9,16H2,1-2H3. The summed E-state index contributed by atoms with van der Waals surface area (Å²) in [5.41, 5.74) is 5.87. The fourth-order valence-electron chi connectivity index (χ4n) is 1.64. The highest BCUT2D eigenvalue weighted by atomic mass is 19.1. The number of likely N-dealkylation sites (N-methyl/N-ethyl adjacent to an activating group) is 1. The molecule has 1 aromatic carbocycles. The van der Waals surface area contributed by atoms with Crippen molar-refractivity contribution >= 4 is 5.91 Å². The molecular weight excluding hydrogens is 247 g/mol. The number of halogens is 1. The molecule has 0 heterocycles. The van der Waals surface area contributed by atoms with Gasteiger partial charge in [0, 0.05) is 19.2 Å². The Balaban J connectivity index is 3.08. The Bertz CT molecular complexity index is 518. The fourth-order valence-corrected chi connectivity index (χ4v) is 1.64. The van der Waals surface area contributed by atoms with Crippen LogP contribution in [-0.4, -0.2) is 42.2 Å². The van der Waals surface area contributed by atoms with E-state index in [4.69, 9.17) is 5.73 Å². The molecule has 19 heavy (non-hydrogen) atoms. The highest BCUT2D eigenvalue weighted by Crippen LogP contribution is 2.13. The Labute approximate surface area is 112 Å². The Morgan fingerprint density at radius 3 is 2.84 bits per heavy atom. The predicted molar refractivity (Wildman–Crippen MR) is 71.0 cm³/mol. The van der Waals surface area contributed by atoms with Gasteiger partial charge in [-0.3, -0.25) is 4.79 Å². The summed E-state index contributed by atoms with van der Waals surface area (Å²) >= 11 is 0. The minimum Gasteiger partial charge on any atom is -0.392 e. The Hall–Kier alpha value is -1.90. The van der Waals surface area contributed by atoms with Crippen molar-refractivity contribution in [3.8, 4) is 11.8 Å². The maximum atomic E-state index is 13.2. The van der Waals surface area contributed by atoms with Crippen LogP contribution < -0.4 is 5.73 Å². The number of aliphatic hydroxyl groups excluding tert-OH is 1. The molecule has 0 aliphatic rings. The zero-order valence-electron chi connectivity index (χ0n) is 11.0. The highest BCUT2D eigenvalue weighted by molar-refractivity contribution is 5.96. The van der Waals surface area contributed by atoms with E-state index in [1.54, 1.807) is 14.0 Å². The van der Waals surface area contributed by atoms with Gasteiger partial charge in [-0.25, -0.2) is 4.39 Å². The van der Waals surface area contributed by atoms with Gasteiger partial charge in [-0.15, -0.1) is 0 Å². The fraction of sp³-hybridized carbons (Fsp3) is 0.357. The Kier molecular flexibility index (Phi) is 5.49. The Morgan fingerprint density at radius 2 is 2.26 bits per heavy atom. The number of aliphatic hydroxyl groups is 1. The number of carbonyl (C=O) groups excluding carboxylic acids is 1. The summed E-state index contributed by atoms with van der Waals surface area (Å²) in [6, 6.07) is 3.79. The van der Waals surface area contributed by atoms with Gasteiger partial charge in [0.15, 0.2) is 0 Å². The molecule has 0 bridgehead atoms. The maximum Gasteiger partial charge on any atom is 0.254 e. The first kappa shape index (κ1) is 15.2. The van der Waals surface area contributed by atoms with Crippen molar-refractivity contribution < 1.29 is 14.3 Å². The van der Waals surface area contributed by atoms with E-state index >= 15 is 0 Å². The zero-order valence-corrected chi connectivity index (χ0v) is 11.0. The normalized spacial score (nSPS) is 11.4. The molecule has 3 N–H and O–H groups in total. The predicted octanol–water partition coefficient (Wildman–Crippen LogP) is 0.589. The number of hydrogen-bond donors (Lipinski definition) is 2. The summed E-state index contributed by atoms with van der Waals surface area (Å²) < 4.78 is 13.2. The first-order valence-electron chi connectivity index (χ1n) is 5.87. The molecule has 0 saturated carbocycles. The molecule has 0 aromatic heterocycles. The second kappa shape index (κ2) is 6.88. The largest absolute Gasteiger partial charge is 0.392 e. The van der Waals surface area contributed by atoms with Crippen LogP contribution in [0.25, 0.3) is 0 Å². The van der Waals surface area contributed by atoms with E-state index in [1.807, 2.05) is 0 Å². The van der Waals surface area contributed by atoms with E-state index in [0.717, 1.165) is 0 Å². The molecule has 1 unspecified atom stereocenters. The smallest absolute Gasteiger partial charge is 0.254 e. The molecule has 1 rings (SSSR count). The van der Waals surface area contributed by atoms with E-state index in [1.165, 1.54) is 23.1 Å². The molecule has 0 radical (unpaired) electrons. The molecule has 102 valence electrons. The van der Waals surface area contributed by atoms with E-state index in [-0.39, 0.29) is 19.0 Å². The molecule has 1 aromatic rings. The topological polar surface area (TPSA) is 66.6 Å². The maximum absolute atomic E-state index is 13.2. The van der Waals surface area contributed by atoms with Gasteiger partial charge in [-0.1, -0.05) is 11.8 Å². The van der Waals surface area contributed by atoms with E-state index < -0.39 is 11.9 Å². The van der Waals surface area contributed by atoms with Gasteiger partial charge in [0.2, 0.25) is 0 Å². The van der Waals surface area contributed by atoms with Gasteiger partial charge in [0.05, 0.1) is 18.2 Å². The van der Waals surface area contributed by atoms with Crippen LogP contribution in [0.5, 0.6) is 0 Å². The van der Waals surface area contributed by atoms with Crippen LogP contribution >= 0.6 is 0 Å². The third kappa shape index (κ3) is 4.36. The molecular formula is C14H17FN2O2. The van der Waals surface area contributed by atoms with Crippen LogP contribution in [0.2, 0.25) is 0 Å². The van der Waals surface area contributed by atoms with E-state index in [0.29, 0.717) is 11.1 Å². The van der Waals surface area contributed by atoms with Crippen LogP contribution in [0.15, 0.2) is 18.2 Å². The quantitative estimate of drug-likeness (QED) is 0.785. The Morgan fingerprint density at radius 1 is 1.58 bits per heavy atom. The summed E-state index contributed by atoms with van der Waals surface area (Å²) in [4.78, 5) is 13.5.